The number of aliphatic hydroxyl groups excluding tert-OH is 1. The van der Waals surface area contributed by atoms with Gasteiger partial charge >= 0.3 is 0 Å². The van der Waals surface area contributed by atoms with Gasteiger partial charge in [0.25, 0.3) is 0 Å². The molecule has 0 unspecified atom stereocenters. The summed E-state index contributed by atoms with van der Waals surface area (Å²) < 4.78 is 6.53. The van der Waals surface area contributed by atoms with Gasteiger partial charge in [-0.3, -0.25) is 9.59 Å². The molecule has 0 bridgehead atoms. The second-order valence-corrected chi connectivity index (χ2v) is 15.7. The Kier molecular flexibility index (Phi) is 9.99. The van der Waals surface area contributed by atoms with Gasteiger partial charge in [-0.2, -0.15) is 0 Å². The number of aliphatic hydroxyl groups is 1. The van der Waals surface area contributed by atoms with Crippen LogP contribution in [0.1, 0.15) is 50.2 Å². The monoisotopic (exact) mass is 552 g/mol. The number of ether oxygens (including phenoxy) is 1. The van der Waals surface area contributed by atoms with E-state index in [0.717, 1.165) is 43.5 Å². The fourth-order valence-electron chi connectivity index (χ4n) is 6.36. The molecule has 0 saturated carbocycles. The second-order valence-electron chi connectivity index (χ2n) is 11.7. The minimum absolute atomic E-state index is 0.0458. The normalized spacial score (nSPS) is 23.7. The summed E-state index contributed by atoms with van der Waals surface area (Å²) >= 11 is 0. The van der Waals surface area contributed by atoms with E-state index in [1.807, 2.05) is 60.5 Å². The minimum Gasteiger partial charge on any atom is -0.432 e. The van der Waals surface area contributed by atoms with Crippen molar-refractivity contribution in [2.75, 3.05) is 24.6 Å². The Morgan fingerprint density at radius 1 is 1.05 bits per heavy atom. The Labute approximate surface area is 233 Å². The Bertz CT molecular complexity index is 1090. The van der Waals surface area contributed by atoms with Gasteiger partial charge in [-0.1, -0.05) is 49.4 Å². The smallest absolute Gasteiger partial charge is 0.226 e. The molecule has 0 aromatic heterocycles. The van der Waals surface area contributed by atoms with E-state index < -0.39 is 8.32 Å². The molecule has 2 aliphatic rings. The lowest BCUT2D eigenvalue weighted by molar-refractivity contribution is -0.135. The molecule has 39 heavy (non-hydrogen) atoms. The molecule has 2 heterocycles. The molecule has 2 aromatic rings. The Morgan fingerprint density at radius 3 is 2.41 bits per heavy atom. The first kappa shape index (κ1) is 29.5. The Morgan fingerprint density at radius 2 is 1.77 bits per heavy atom. The van der Waals surface area contributed by atoms with Gasteiger partial charge in [-0.25, -0.2) is 0 Å². The number of hydrogen-bond acceptors (Lipinski definition) is 5. The number of piperidine rings is 1. The van der Waals surface area contributed by atoms with E-state index in [2.05, 4.69) is 19.1 Å². The number of benzene rings is 2. The SMILES string of the molecule is C[C@H]1[C@H]([Si](C)(C)O)[C@@H](CC(=O)N(CCO)Cc2ccccc2)O[C@H]1CCc1ccc(N2CCCCC2=O)cc1. The van der Waals surface area contributed by atoms with Crippen LogP contribution in [-0.2, 0) is 27.3 Å². The first-order chi connectivity index (χ1) is 18.7. The third-order valence-corrected chi connectivity index (χ3v) is 10.9. The molecular formula is C31H44N2O5Si. The molecule has 8 heteroatoms. The molecule has 0 spiro atoms. The summed E-state index contributed by atoms with van der Waals surface area (Å²) in [5.41, 5.74) is 3.12. The first-order valence-corrected chi connectivity index (χ1v) is 17.4. The molecule has 2 fully saturated rings. The summed E-state index contributed by atoms with van der Waals surface area (Å²) in [6, 6.07) is 18.0. The third-order valence-electron chi connectivity index (χ3n) is 8.32. The van der Waals surface area contributed by atoms with Crippen molar-refractivity contribution in [2.45, 2.75) is 82.8 Å². The van der Waals surface area contributed by atoms with Crippen LogP contribution in [0.5, 0.6) is 0 Å². The van der Waals surface area contributed by atoms with Crippen LogP contribution in [0.2, 0.25) is 18.6 Å². The lowest BCUT2D eigenvalue weighted by Gasteiger charge is -2.31. The van der Waals surface area contributed by atoms with Gasteiger partial charge in [-0.15, -0.1) is 0 Å². The zero-order valence-electron chi connectivity index (χ0n) is 23.6. The second kappa shape index (κ2) is 13.2. The number of hydrogen-bond donors (Lipinski definition) is 2. The van der Waals surface area contributed by atoms with Crippen molar-refractivity contribution in [3.05, 3.63) is 65.7 Å². The lowest BCUT2D eigenvalue weighted by atomic mass is 9.95. The van der Waals surface area contributed by atoms with Crippen molar-refractivity contribution in [3.8, 4) is 0 Å². The highest BCUT2D eigenvalue weighted by molar-refractivity contribution is 6.71. The van der Waals surface area contributed by atoms with Crippen molar-refractivity contribution < 1.29 is 24.2 Å². The summed E-state index contributed by atoms with van der Waals surface area (Å²) in [6.07, 6.45) is 4.09. The average Bonchev–Trinajstić information content (AvgIpc) is 3.23. The molecule has 0 radical (unpaired) electrons. The summed E-state index contributed by atoms with van der Waals surface area (Å²) in [6.45, 7) is 7.41. The van der Waals surface area contributed by atoms with Crippen molar-refractivity contribution in [1.29, 1.82) is 0 Å². The van der Waals surface area contributed by atoms with E-state index in [9.17, 15) is 19.5 Å². The molecule has 212 valence electrons. The zero-order chi connectivity index (χ0) is 28.0. The number of rotatable bonds is 11. The van der Waals surface area contributed by atoms with Gasteiger partial charge in [0.1, 0.15) is 0 Å². The van der Waals surface area contributed by atoms with Gasteiger partial charge in [0.05, 0.1) is 25.2 Å². The predicted octanol–water partition coefficient (Wildman–Crippen LogP) is 4.52. The highest BCUT2D eigenvalue weighted by atomic mass is 28.4. The third kappa shape index (κ3) is 7.57. The highest BCUT2D eigenvalue weighted by Crippen LogP contribution is 2.45. The van der Waals surface area contributed by atoms with E-state index in [-0.39, 0.29) is 55.1 Å². The van der Waals surface area contributed by atoms with Crippen molar-refractivity contribution in [2.24, 2.45) is 5.92 Å². The van der Waals surface area contributed by atoms with E-state index in [1.54, 1.807) is 4.90 Å². The van der Waals surface area contributed by atoms with Crippen LogP contribution in [0.15, 0.2) is 54.6 Å². The molecule has 0 aliphatic carbocycles. The van der Waals surface area contributed by atoms with Crippen molar-refractivity contribution in [1.82, 2.24) is 4.90 Å². The molecule has 2 N–H and O–H groups in total. The number of anilines is 1. The van der Waals surface area contributed by atoms with Crippen LogP contribution in [0.25, 0.3) is 0 Å². The zero-order valence-corrected chi connectivity index (χ0v) is 24.6. The Hall–Kier alpha value is -2.52. The van der Waals surface area contributed by atoms with Crippen LogP contribution < -0.4 is 4.90 Å². The molecule has 4 rings (SSSR count). The molecular weight excluding hydrogens is 508 g/mol. The standard InChI is InChI=1S/C31H44N2O5Si/c1-23-27(17-14-24-12-15-26(16-13-24)33-18-8-7-11-29(33)35)38-28(31(23)39(2,3)37)21-30(36)32(19-20-34)22-25-9-5-4-6-10-25/h4-6,9-10,12-13,15-16,23,27-28,31,34,37H,7-8,11,14,17-22H2,1-3H3/t23-,27+,28-,31+/m1/s1. The fourth-order valence-corrected chi connectivity index (χ4v) is 8.96. The number of carbonyl (C=O) groups excluding carboxylic acids is 2. The summed E-state index contributed by atoms with van der Waals surface area (Å²) in [5, 5.41) is 9.59. The van der Waals surface area contributed by atoms with Crippen LogP contribution in [-0.4, -0.2) is 66.8 Å². The summed E-state index contributed by atoms with van der Waals surface area (Å²) in [5.74, 6) is 0.280. The molecule has 2 saturated heterocycles. The molecule has 2 aromatic carbocycles. The Balaban J connectivity index is 1.39. The highest BCUT2D eigenvalue weighted by Gasteiger charge is 2.50. The van der Waals surface area contributed by atoms with Crippen LogP contribution in [0, 0.1) is 5.92 Å². The average molecular weight is 553 g/mol. The molecule has 4 atom stereocenters. The number of carbonyl (C=O) groups is 2. The van der Waals surface area contributed by atoms with Crippen LogP contribution in [0.4, 0.5) is 5.69 Å². The topological polar surface area (TPSA) is 90.3 Å². The van der Waals surface area contributed by atoms with E-state index in [4.69, 9.17) is 4.74 Å². The van der Waals surface area contributed by atoms with Gasteiger partial charge in [0.15, 0.2) is 8.32 Å². The van der Waals surface area contributed by atoms with Crippen LogP contribution in [0.3, 0.4) is 0 Å². The predicted molar refractivity (Wildman–Crippen MR) is 156 cm³/mol. The summed E-state index contributed by atoms with van der Waals surface area (Å²) in [7, 11) is -2.61. The maximum Gasteiger partial charge on any atom is 0.226 e. The maximum atomic E-state index is 13.4. The molecule has 2 aliphatic heterocycles. The van der Waals surface area contributed by atoms with Crippen molar-refractivity contribution >= 4 is 25.8 Å². The van der Waals surface area contributed by atoms with E-state index in [0.29, 0.717) is 13.0 Å². The van der Waals surface area contributed by atoms with Crippen molar-refractivity contribution in [3.63, 3.8) is 0 Å². The fraction of sp³-hybridized carbons (Fsp3) is 0.548. The number of nitrogens with zero attached hydrogens (tertiary/aromatic N) is 2. The number of amides is 2. The first-order valence-electron chi connectivity index (χ1n) is 14.4. The maximum absolute atomic E-state index is 13.4. The molecule has 2 amide bonds. The lowest BCUT2D eigenvalue weighted by Crippen LogP contribution is -2.42. The number of aryl methyl sites for hydroxylation is 1. The van der Waals surface area contributed by atoms with Crippen LogP contribution >= 0.6 is 0 Å². The van der Waals surface area contributed by atoms with Gasteiger partial charge < -0.3 is 24.4 Å². The van der Waals surface area contributed by atoms with E-state index in [1.165, 1.54) is 5.56 Å². The quantitative estimate of drug-likeness (QED) is 0.400. The van der Waals surface area contributed by atoms with Gasteiger partial charge in [0.2, 0.25) is 11.8 Å². The molecule has 7 nitrogen and oxygen atoms in total. The van der Waals surface area contributed by atoms with Gasteiger partial charge in [0, 0.05) is 37.3 Å². The largest absolute Gasteiger partial charge is 0.432 e. The summed E-state index contributed by atoms with van der Waals surface area (Å²) in [4.78, 5) is 40.4. The van der Waals surface area contributed by atoms with E-state index >= 15 is 0 Å². The van der Waals surface area contributed by atoms with Gasteiger partial charge in [-0.05, 0) is 68.0 Å². The minimum atomic E-state index is -2.61.